The van der Waals surface area contributed by atoms with Crippen LogP contribution in [0.25, 0.3) is 78.4 Å². The predicted molar refractivity (Wildman–Crippen MR) is 175 cm³/mol. The zero-order valence-electron chi connectivity index (χ0n) is 23.5. The van der Waals surface area contributed by atoms with E-state index in [0.717, 1.165) is 60.9 Å². The van der Waals surface area contributed by atoms with Gasteiger partial charge in [0, 0.05) is 46.2 Å². The van der Waals surface area contributed by atoms with E-state index in [9.17, 15) is 0 Å². The molecule has 0 fully saturated rings. The highest BCUT2D eigenvalue weighted by molar-refractivity contribution is 6.09. The average molecular weight is 565 g/mol. The fourth-order valence-corrected chi connectivity index (χ4v) is 5.55. The molecule has 3 heterocycles. The third-order valence-corrected chi connectivity index (χ3v) is 7.63. The van der Waals surface area contributed by atoms with Crippen LogP contribution in [0.15, 0.2) is 146 Å². The average Bonchev–Trinajstić information content (AvgIpc) is 3.12. The molecule has 0 spiro atoms. The number of fused-ring (bicyclic) bond motifs is 3. The molecule has 0 atom stereocenters. The van der Waals surface area contributed by atoms with Crippen molar-refractivity contribution in [2.45, 2.75) is 0 Å². The van der Waals surface area contributed by atoms with Gasteiger partial charge in [-0.15, -0.1) is 0 Å². The van der Waals surface area contributed by atoms with Crippen LogP contribution >= 0.6 is 0 Å². The van der Waals surface area contributed by atoms with Gasteiger partial charge in [0.25, 0.3) is 0 Å². The molecule has 8 aromatic rings. The Morgan fingerprint density at radius 1 is 0.341 bits per heavy atom. The number of aromatic nitrogens is 6. The van der Waals surface area contributed by atoms with Crippen molar-refractivity contribution in [1.29, 1.82) is 0 Å². The van der Waals surface area contributed by atoms with Gasteiger partial charge in [0.2, 0.25) is 0 Å². The predicted octanol–water partition coefficient (Wildman–Crippen LogP) is 8.70. The van der Waals surface area contributed by atoms with Crippen LogP contribution in [0.1, 0.15) is 0 Å². The van der Waals surface area contributed by atoms with Crippen LogP contribution in [-0.4, -0.2) is 29.9 Å². The summed E-state index contributed by atoms with van der Waals surface area (Å²) in [4.78, 5) is 29.0. The fourth-order valence-electron chi connectivity index (χ4n) is 5.55. The summed E-state index contributed by atoms with van der Waals surface area (Å²) in [5.74, 6) is 1.83. The van der Waals surface area contributed by atoms with E-state index < -0.39 is 0 Å². The molecule has 0 saturated carbocycles. The van der Waals surface area contributed by atoms with Crippen LogP contribution in [-0.2, 0) is 0 Å². The molecule has 206 valence electrons. The molecule has 5 aromatic carbocycles. The Bertz CT molecular complexity index is 2210. The first-order valence-electron chi connectivity index (χ1n) is 14.4. The van der Waals surface area contributed by atoms with E-state index in [1.807, 2.05) is 91.1 Å². The zero-order chi connectivity index (χ0) is 29.3. The van der Waals surface area contributed by atoms with Gasteiger partial charge in [0.1, 0.15) is 0 Å². The maximum Gasteiger partial charge on any atom is 0.164 e. The van der Waals surface area contributed by atoms with Crippen LogP contribution in [0.3, 0.4) is 0 Å². The fraction of sp³-hybridized carbons (Fsp3) is 0. The summed E-state index contributed by atoms with van der Waals surface area (Å²) >= 11 is 0. The molecule has 0 aliphatic heterocycles. The molecule has 6 heteroatoms. The Hall–Kier alpha value is -6.14. The second-order valence-corrected chi connectivity index (χ2v) is 10.5. The van der Waals surface area contributed by atoms with Crippen LogP contribution in [0.5, 0.6) is 0 Å². The van der Waals surface area contributed by atoms with Gasteiger partial charge < -0.3 is 0 Å². The molecule has 44 heavy (non-hydrogen) atoms. The van der Waals surface area contributed by atoms with E-state index in [4.69, 9.17) is 19.9 Å². The highest BCUT2D eigenvalue weighted by Gasteiger charge is 2.17. The Kier molecular flexibility index (Phi) is 6.35. The monoisotopic (exact) mass is 564 g/mol. The van der Waals surface area contributed by atoms with E-state index in [1.54, 1.807) is 12.4 Å². The number of hydrogen-bond donors (Lipinski definition) is 0. The molecular weight excluding hydrogens is 540 g/mol. The lowest BCUT2D eigenvalue weighted by molar-refractivity contribution is 1.07. The second kappa shape index (κ2) is 10.9. The molecule has 0 amide bonds. The molecular formula is C38H24N6. The van der Waals surface area contributed by atoms with Crippen LogP contribution in [0, 0.1) is 0 Å². The lowest BCUT2D eigenvalue weighted by atomic mass is 9.94. The molecule has 6 nitrogen and oxygen atoms in total. The third-order valence-electron chi connectivity index (χ3n) is 7.63. The summed E-state index contributed by atoms with van der Waals surface area (Å²) in [6.07, 6.45) is 5.26. The summed E-state index contributed by atoms with van der Waals surface area (Å²) in [6, 6.07) is 42.9. The Balaban J connectivity index is 1.41. The topological polar surface area (TPSA) is 77.3 Å². The molecule has 0 unspecified atom stereocenters. The third kappa shape index (κ3) is 4.74. The first-order valence-corrected chi connectivity index (χ1v) is 14.4. The minimum Gasteiger partial charge on any atom is -0.256 e. The first kappa shape index (κ1) is 25.6. The summed E-state index contributed by atoms with van der Waals surface area (Å²) in [6.45, 7) is 0. The standard InChI is InChI=1S/C38H24N6/c1-4-11-25(12-5-1)28-21-29(32-24-33-35(41-20-19-39-33)31-17-10-18-40-34(31)32)23-30(22-28)38-43-36(26-13-6-2-7-14-26)42-37(44-38)27-15-8-3-9-16-27/h1-24H. The van der Waals surface area contributed by atoms with Crippen molar-refractivity contribution in [2.24, 2.45) is 0 Å². The number of nitrogens with zero attached hydrogens (tertiary/aromatic N) is 6. The van der Waals surface area contributed by atoms with E-state index in [0.29, 0.717) is 17.5 Å². The Labute approximate surface area is 253 Å². The largest absolute Gasteiger partial charge is 0.256 e. The van der Waals surface area contributed by atoms with Crippen molar-refractivity contribution in [3.63, 3.8) is 0 Å². The van der Waals surface area contributed by atoms with Gasteiger partial charge in [-0.05, 0) is 53.1 Å². The summed E-state index contributed by atoms with van der Waals surface area (Å²) < 4.78 is 0. The normalized spacial score (nSPS) is 11.2. The molecule has 0 saturated heterocycles. The van der Waals surface area contributed by atoms with Crippen LogP contribution < -0.4 is 0 Å². The quantitative estimate of drug-likeness (QED) is 0.195. The first-order chi connectivity index (χ1) is 21.8. The second-order valence-electron chi connectivity index (χ2n) is 10.5. The van der Waals surface area contributed by atoms with Crippen LogP contribution in [0.2, 0.25) is 0 Å². The van der Waals surface area contributed by atoms with Crippen molar-refractivity contribution < 1.29 is 0 Å². The molecule has 0 N–H and O–H groups in total. The van der Waals surface area contributed by atoms with Gasteiger partial charge in [-0.2, -0.15) is 0 Å². The summed E-state index contributed by atoms with van der Waals surface area (Å²) in [5.41, 5.74) is 9.33. The van der Waals surface area contributed by atoms with E-state index in [2.05, 4.69) is 52.4 Å². The zero-order valence-corrected chi connectivity index (χ0v) is 23.5. The lowest BCUT2D eigenvalue weighted by Crippen LogP contribution is -2.00. The van der Waals surface area contributed by atoms with Crippen LogP contribution in [0.4, 0.5) is 0 Å². The van der Waals surface area contributed by atoms with Crippen molar-refractivity contribution >= 4 is 21.9 Å². The molecule has 0 aliphatic rings. The number of hydrogen-bond acceptors (Lipinski definition) is 6. The van der Waals surface area contributed by atoms with Crippen molar-refractivity contribution in [3.8, 4) is 56.4 Å². The van der Waals surface area contributed by atoms with Gasteiger partial charge in [-0.25, -0.2) is 15.0 Å². The molecule has 0 bridgehead atoms. The summed E-state index contributed by atoms with van der Waals surface area (Å²) in [5, 5.41) is 0.956. The maximum atomic E-state index is 5.02. The van der Waals surface area contributed by atoms with Crippen molar-refractivity contribution in [1.82, 2.24) is 29.9 Å². The highest BCUT2D eigenvalue weighted by Crippen LogP contribution is 2.37. The number of benzene rings is 5. The minimum absolute atomic E-state index is 0.592. The van der Waals surface area contributed by atoms with E-state index >= 15 is 0 Å². The Morgan fingerprint density at radius 2 is 0.864 bits per heavy atom. The smallest absolute Gasteiger partial charge is 0.164 e. The summed E-state index contributed by atoms with van der Waals surface area (Å²) in [7, 11) is 0. The maximum absolute atomic E-state index is 5.02. The van der Waals surface area contributed by atoms with E-state index in [-0.39, 0.29) is 0 Å². The van der Waals surface area contributed by atoms with Gasteiger partial charge in [0.15, 0.2) is 17.5 Å². The molecule has 0 radical (unpaired) electrons. The highest BCUT2D eigenvalue weighted by atomic mass is 15.0. The van der Waals surface area contributed by atoms with Gasteiger partial charge in [-0.1, -0.05) is 91.0 Å². The van der Waals surface area contributed by atoms with Gasteiger partial charge >= 0.3 is 0 Å². The van der Waals surface area contributed by atoms with E-state index in [1.165, 1.54) is 0 Å². The SMILES string of the molecule is c1ccc(-c2cc(-c3nc(-c4ccccc4)nc(-c4ccccc4)n3)cc(-c3cc4nccnc4c4cccnc34)c2)cc1. The molecule has 8 rings (SSSR count). The van der Waals surface area contributed by atoms with Gasteiger partial charge in [0.05, 0.1) is 16.6 Å². The molecule has 0 aliphatic carbocycles. The van der Waals surface area contributed by atoms with Crippen molar-refractivity contribution in [2.75, 3.05) is 0 Å². The minimum atomic E-state index is 0.592. The Morgan fingerprint density at radius 3 is 1.52 bits per heavy atom. The van der Waals surface area contributed by atoms with Crippen molar-refractivity contribution in [3.05, 3.63) is 146 Å². The molecule has 3 aromatic heterocycles. The number of rotatable bonds is 5. The van der Waals surface area contributed by atoms with Gasteiger partial charge in [-0.3, -0.25) is 15.0 Å². The lowest BCUT2D eigenvalue weighted by Gasteiger charge is -2.14. The number of pyridine rings is 1.